The number of hydrogen-bond acceptors (Lipinski definition) is 1. The number of allylic oxidation sites excluding steroid dienone is 2. The van der Waals surface area contributed by atoms with Gasteiger partial charge in [-0.2, -0.15) is 0 Å². The molecule has 0 aliphatic rings. The predicted molar refractivity (Wildman–Crippen MR) is 58.9 cm³/mol. The van der Waals surface area contributed by atoms with Crippen LogP contribution in [0.4, 0.5) is 0 Å². The highest BCUT2D eigenvalue weighted by Crippen LogP contribution is 2.23. The number of unbranched alkanes of at least 4 members (excludes halogenated alkanes) is 1. The Kier molecular flexibility index (Phi) is 5.12. The summed E-state index contributed by atoms with van der Waals surface area (Å²) in [7, 11) is 0. The van der Waals surface area contributed by atoms with Crippen molar-refractivity contribution < 1.29 is 5.11 Å². The SMILES string of the molecule is CC(C)CCC/C=C(\O)C(C)(C)C. The van der Waals surface area contributed by atoms with Crippen molar-refractivity contribution >= 4 is 0 Å². The summed E-state index contributed by atoms with van der Waals surface area (Å²) in [5.41, 5.74) is -0.0855. The van der Waals surface area contributed by atoms with E-state index in [4.69, 9.17) is 0 Å². The molecular weight excluding hydrogens is 160 g/mol. The summed E-state index contributed by atoms with van der Waals surface area (Å²) in [5.74, 6) is 1.29. The first kappa shape index (κ1) is 12.5. The summed E-state index contributed by atoms with van der Waals surface area (Å²) in [5, 5.41) is 9.61. The number of aliphatic hydroxyl groups is 1. The molecule has 0 rings (SSSR count). The van der Waals surface area contributed by atoms with Crippen LogP contribution in [0.25, 0.3) is 0 Å². The van der Waals surface area contributed by atoms with Gasteiger partial charge < -0.3 is 5.11 Å². The van der Waals surface area contributed by atoms with E-state index in [1.54, 1.807) is 0 Å². The maximum Gasteiger partial charge on any atom is 0.0936 e. The molecular formula is C12H24O. The molecule has 0 bridgehead atoms. The minimum atomic E-state index is -0.0855. The van der Waals surface area contributed by atoms with Crippen LogP contribution in [0.15, 0.2) is 11.8 Å². The molecule has 0 radical (unpaired) electrons. The molecule has 78 valence electrons. The van der Waals surface area contributed by atoms with Gasteiger partial charge in [0, 0.05) is 5.41 Å². The molecule has 0 saturated carbocycles. The summed E-state index contributed by atoms with van der Waals surface area (Å²) in [6.07, 6.45) is 5.38. The van der Waals surface area contributed by atoms with Gasteiger partial charge in [0.1, 0.15) is 0 Å². The lowest BCUT2D eigenvalue weighted by molar-refractivity contribution is 0.274. The minimum Gasteiger partial charge on any atom is -0.512 e. The minimum absolute atomic E-state index is 0.0855. The number of rotatable bonds is 4. The van der Waals surface area contributed by atoms with Crippen LogP contribution in [0.2, 0.25) is 0 Å². The number of hydrogen-bond donors (Lipinski definition) is 1. The molecule has 0 aromatic rings. The van der Waals surface area contributed by atoms with Crippen molar-refractivity contribution in [2.75, 3.05) is 0 Å². The van der Waals surface area contributed by atoms with E-state index in [1.165, 1.54) is 12.8 Å². The van der Waals surface area contributed by atoms with Crippen LogP contribution in [0, 0.1) is 11.3 Å². The van der Waals surface area contributed by atoms with E-state index in [9.17, 15) is 5.11 Å². The molecule has 0 atom stereocenters. The highest BCUT2D eigenvalue weighted by atomic mass is 16.3. The van der Waals surface area contributed by atoms with Crippen molar-refractivity contribution in [3.05, 3.63) is 11.8 Å². The Bertz CT molecular complexity index is 160. The largest absolute Gasteiger partial charge is 0.512 e. The van der Waals surface area contributed by atoms with E-state index in [0.717, 1.165) is 12.3 Å². The maximum atomic E-state index is 9.61. The third kappa shape index (κ3) is 6.68. The molecule has 1 N–H and O–H groups in total. The molecule has 0 aliphatic heterocycles. The van der Waals surface area contributed by atoms with Gasteiger partial charge >= 0.3 is 0 Å². The van der Waals surface area contributed by atoms with E-state index in [1.807, 2.05) is 26.8 Å². The molecule has 1 heteroatoms. The topological polar surface area (TPSA) is 20.2 Å². The van der Waals surface area contributed by atoms with Gasteiger partial charge in [-0.15, -0.1) is 0 Å². The summed E-state index contributed by atoms with van der Waals surface area (Å²) in [4.78, 5) is 0. The Morgan fingerprint density at radius 2 is 1.85 bits per heavy atom. The average molecular weight is 184 g/mol. The average Bonchev–Trinajstić information content (AvgIpc) is 1.95. The second-order valence-corrected chi connectivity index (χ2v) is 5.16. The highest BCUT2D eigenvalue weighted by Gasteiger charge is 2.14. The molecule has 0 heterocycles. The van der Waals surface area contributed by atoms with Crippen LogP contribution < -0.4 is 0 Å². The van der Waals surface area contributed by atoms with Crippen LogP contribution >= 0.6 is 0 Å². The molecule has 0 spiro atoms. The monoisotopic (exact) mass is 184 g/mol. The predicted octanol–water partition coefficient (Wildman–Crippen LogP) is 4.30. The molecule has 0 amide bonds. The Morgan fingerprint density at radius 3 is 2.23 bits per heavy atom. The van der Waals surface area contributed by atoms with Crippen molar-refractivity contribution in [3.63, 3.8) is 0 Å². The van der Waals surface area contributed by atoms with Gasteiger partial charge in [0.25, 0.3) is 0 Å². The summed E-state index contributed by atoms with van der Waals surface area (Å²) >= 11 is 0. The van der Waals surface area contributed by atoms with Gasteiger partial charge in [0.05, 0.1) is 5.76 Å². The Labute approximate surface area is 82.9 Å². The summed E-state index contributed by atoms with van der Waals surface area (Å²) in [6.45, 7) is 10.5. The lowest BCUT2D eigenvalue weighted by Crippen LogP contribution is -2.08. The van der Waals surface area contributed by atoms with Crippen molar-refractivity contribution in [2.45, 2.75) is 53.9 Å². The summed E-state index contributed by atoms with van der Waals surface area (Å²) < 4.78 is 0. The van der Waals surface area contributed by atoms with E-state index in [0.29, 0.717) is 5.76 Å². The van der Waals surface area contributed by atoms with Crippen molar-refractivity contribution in [3.8, 4) is 0 Å². The van der Waals surface area contributed by atoms with Crippen LogP contribution in [0.1, 0.15) is 53.9 Å². The Hall–Kier alpha value is -0.460. The fourth-order valence-electron chi connectivity index (χ4n) is 1.07. The smallest absolute Gasteiger partial charge is 0.0936 e. The lowest BCUT2D eigenvalue weighted by Gasteiger charge is -2.17. The second kappa shape index (κ2) is 5.31. The third-order valence-corrected chi connectivity index (χ3v) is 2.09. The maximum absolute atomic E-state index is 9.61. The van der Waals surface area contributed by atoms with E-state index in [-0.39, 0.29) is 5.41 Å². The molecule has 13 heavy (non-hydrogen) atoms. The quantitative estimate of drug-likeness (QED) is 0.510. The Balaban J connectivity index is 3.73. The third-order valence-electron chi connectivity index (χ3n) is 2.09. The van der Waals surface area contributed by atoms with Gasteiger partial charge in [-0.25, -0.2) is 0 Å². The molecule has 0 saturated heterocycles. The molecule has 0 aromatic heterocycles. The molecule has 0 unspecified atom stereocenters. The first-order valence-corrected chi connectivity index (χ1v) is 5.23. The van der Waals surface area contributed by atoms with Crippen LogP contribution in [-0.4, -0.2) is 5.11 Å². The standard InChI is InChI=1S/C12H24O/c1-10(2)8-6-7-9-11(13)12(3,4)5/h9-10,13H,6-8H2,1-5H3/b11-9-. The zero-order chi connectivity index (χ0) is 10.5. The molecule has 0 fully saturated rings. The zero-order valence-electron chi connectivity index (χ0n) is 9.72. The van der Waals surface area contributed by atoms with Crippen LogP contribution in [0.3, 0.4) is 0 Å². The fraction of sp³-hybridized carbons (Fsp3) is 0.833. The van der Waals surface area contributed by atoms with Gasteiger partial charge in [-0.1, -0.05) is 41.0 Å². The van der Waals surface area contributed by atoms with Crippen molar-refractivity contribution in [2.24, 2.45) is 11.3 Å². The van der Waals surface area contributed by atoms with E-state index >= 15 is 0 Å². The van der Waals surface area contributed by atoms with Gasteiger partial charge in [0.2, 0.25) is 0 Å². The molecule has 0 aromatic carbocycles. The first-order chi connectivity index (χ1) is 5.84. The first-order valence-electron chi connectivity index (χ1n) is 5.23. The van der Waals surface area contributed by atoms with Crippen LogP contribution in [-0.2, 0) is 0 Å². The van der Waals surface area contributed by atoms with Crippen LogP contribution in [0.5, 0.6) is 0 Å². The molecule has 0 aliphatic carbocycles. The fourth-order valence-corrected chi connectivity index (χ4v) is 1.07. The Morgan fingerprint density at radius 1 is 1.31 bits per heavy atom. The van der Waals surface area contributed by atoms with Crippen molar-refractivity contribution in [1.29, 1.82) is 0 Å². The van der Waals surface area contributed by atoms with E-state index < -0.39 is 0 Å². The highest BCUT2D eigenvalue weighted by molar-refractivity contribution is 5.00. The van der Waals surface area contributed by atoms with E-state index in [2.05, 4.69) is 13.8 Å². The van der Waals surface area contributed by atoms with Gasteiger partial charge in [-0.3, -0.25) is 0 Å². The van der Waals surface area contributed by atoms with Gasteiger partial charge in [-0.05, 0) is 24.8 Å². The normalized spacial score (nSPS) is 13.8. The van der Waals surface area contributed by atoms with Crippen molar-refractivity contribution in [1.82, 2.24) is 0 Å². The number of aliphatic hydroxyl groups excluding tert-OH is 1. The zero-order valence-corrected chi connectivity index (χ0v) is 9.72. The summed E-state index contributed by atoms with van der Waals surface area (Å²) in [6, 6.07) is 0. The van der Waals surface area contributed by atoms with Gasteiger partial charge in [0.15, 0.2) is 0 Å². The molecule has 1 nitrogen and oxygen atoms in total. The second-order valence-electron chi connectivity index (χ2n) is 5.16. The lowest BCUT2D eigenvalue weighted by atomic mass is 9.93.